The summed E-state index contributed by atoms with van der Waals surface area (Å²) in [5.41, 5.74) is 0. The fourth-order valence-corrected chi connectivity index (χ4v) is 2.09. The Labute approximate surface area is 102 Å². The molecule has 1 aliphatic heterocycles. The molecule has 0 aromatic carbocycles. The number of rotatable bonds is 5. The normalized spacial score (nSPS) is 17.4. The molecule has 0 bridgehead atoms. The van der Waals surface area contributed by atoms with Crippen LogP contribution in [-0.4, -0.2) is 46.3 Å². The smallest absolute Gasteiger partial charge is 0.236 e. The van der Waals surface area contributed by atoms with Gasteiger partial charge in [0, 0.05) is 31.5 Å². The van der Waals surface area contributed by atoms with Crippen molar-refractivity contribution in [3.8, 4) is 0 Å². The van der Waals surface area contributed by atoms with Crippen LogP contribution in [0, 0.1) is 0 Å². The third-order valence-corrected chi connectivity index (χ3v) is 3.08. The Morgan fingerprint density at radius 1 is 1.47 bits per heavy atom. The zero-order valence-electron chi connectivity index (χ0n) is 10.3. The zero-order chi connectivity index (χ0) is 12.1. The van der Waals surface area contributed by atoms with E-state index in [4.69, 9.17) is 0 Å². The number of amides is 1. The summed E-state index contributed by atoms with van der Waals surface area (Å²) in [6, 6.07) is 2.16. The van der Waals surface area contributed by atoms with Crippen LogP contribution < -0.4 is 5.32 Å². The number of carbonyl (C=O) groups excluding carboxylic acids is 1. The second-order valence-electron chi connectivity index (χ2n) is 4.60. The van der Waals surface area contributed by atoms with E-state index in [1.165, 1.54) is 0 Å². The highest BCUT2D eigenvalue weighted by Crippen LogP contribution is 2.06. The van der Waals surface area contributed by atoms with Gasteiger partial charge in [-0.1, -0.05) is 0 Å². The van der Waals surface area contributed by atoms with Crippen molar-refractivity contribution in [1.29, 1.82) is 0 Å². The number of nitrogens with one attached hydrogen (secondary N) is 1. The van der Waals surface area contributed by atoms with Crippen LogP contribution in [0.5, 0.6) is 0 Å². The van der Waals surface area contributed by atoms with Crippen molar-refractivity contribution in [2.75, 3.05) is 19.6 Å². The maximum atomic E-state index is 11.8. The molecule has 17 heavy (non-hydrogen) atoms. The van der Waals surface area contributed by atoms with Crippen LogP contribution in [0.1, 0.15) is 19.8 Å². The first-order valence-corrected chi connectivity index (χ1v) is 6.24. The minimum atomic E-state index is 0.217. The summed E-state index contributed by atoms with van der Waals surface area (Å²) in [6.45, 7) is 5.14. The molecule has 2 rings (SSSR count). The third-order valence-electron chi connectivity index (χ3n) is 3.08. The van der Waals surface area contributed by atoms with Crippen LogP contribution in [0.3, 0.4) is 0 Å². The molecule has 1 aromatic rings. The van der Waals surface area contributed by atoms with E-state index in [1.807, 2.05) is 21.8 Å². The maximum absolute atomic E-state index is 11.8. The van der Waals surface area contributed by atoms with E-state index in [0.29, 0.717) is 6.54 Å². The van der Waals surface area contributed by atoms with Gasteiger partial charge >= 0.3 is 0 Å². The van der Waals surface area contributed by atoms with Crippen LogP contribution in [0.15, 0.2) is 18.5 Å². The van der Waals surface area contributed by atoms with E-state index in [1.54, 1.807) is 6.20 Å². The molecule has 94 valence electrons. The predicted molar refractivity (Wildman–Crippen MR) is 65.5 cm³/mol. The predicted octanol–water partition coefficient (Wildman–Crippen LogP) is 0.484. The van der Waals surface area contributed by atoms with Gasteiger partial charge in [-0.3, -0.25) is 9.48 Å². The number of likely N-dealkylation sites (tertiary alicyclic amines) is 1. The van der Waals surface area contributed by atoms with E-state index in [9.17, 15) is 4.79 Å². The van der Waals surface area contributed by atoms with Gasteiger partial charge in [-0.05, 0) is 25.8 Å². The van der Waals surface area contributed by atoms with Crippen LogP contribution in [0.4, 0.5) is 0 Å². The fraction of sp³-hybridized carbons (Fsp3) is 0.667. The Bertz CT molecular complexity index is 343. The SMILES string of the molecule is C[C@H](Cn1cccn1)NCC(=O)N1CCCC1. The van der Waals surface area contributed by atoms with Crippen LogP contribution in [0.25, 0.3) is 0 Å². The Morgan fingerprint density at radius 2 is 2.24 bits per heavy atom. The molecule has 1 aromatic heterocycles. The number of aromatic nitrogens is 2. The highest BCUT2D eigenvalue weighted by atomic mass is 16.2. The Morgan fingerprint density at radius 3 is 2.88 bits per heavy atom. The summed E-state index contributed by atoms with van der Waals surface area (Å²) in [4.78, 5) is 13.7. The molecule has 2 heterocycles. The van der Waals surface area contributed by atoms with Gasteiger partial charge in [0.25, 0.3) is 0 Å². The summed E-state index contributed by atoms with van der Waals surface area (Å²) < 4.78 is 1.87. The van der Waals surface area contributed by atoms with Crippen molar-refractivity contribution >= 4 is 5.91 Å². The monoisotopic (exact) mass is 236 g/mol. The van der Waals surface area contributed by atoms with Crippen molar-refractivity contribution < 1.29 is 4.79 Å². The first-order valence-electron chi connectivity index (χ1n) is 6.24. The standard InChI is InChI=1S/C12H20N4O/c1-11(10-16-8-4-5-14-16)13-9-12(17)15-6-2-3-7-15/h4-5,8,11,13H,2-3,6-7,9-10H2,1H3/t11-/m1/s1. The molecule has 0 spiro atoms. The Balaban J connectivity index is 1.68. The van der Waals surface area contributed by atoms with Crippen molar-refractivity contribution in [2.45, 2.75) is 32.4 Å². The van der Waals surface area contributed by atoms with Crippen molar-refractivity contribution in [3.63, 3.8) is 0 Å². The first-order chi connectivity index (χ1) is 8.25. The average Bonchev–Trinajstić information content (AvgIpc) is 2.97. The minimum Gasteiger partial charge on any atom is -0.342 e. The van der Waals surface area contributed by atoms with Crippen LogP contribution in [0.2, 0.25) is 0 Å². The van der Waals surface area contributed by atoms with Gasteiger partial charge in [-0.15, -0.1) is 0 Å². The molecule has 5 nitrogen and oxygen atoms in total. The molecule has 1 atom stereocenters. The van der Waals surface area contributed by atoms with Gasteiger partial charge in [0.15, 0.2) is 0 Å². The molecule has 1 aliphatic rings. The van der Waals surface area contributed by atoms with E-state index < -0.39 is 0 Å². The second-order valence-corrected chi connectivity index (χ2v) is 4.60. The van der Waals surface area contributed by atoms with Gasteiger partial charge in [-0.2, -0.15) is 5.10 Å². The van der Waals surface area contributed by atoms with Gasteiger partial charge in [0.1, 0.15) is 0 Å². The van der Waals surface area contributed by atoms with Crippen molar-refractivity contribution in [1.82, 2.24) is 20.0 Å². The van der Waals surface area contributed by atoms with E-state index in [-0.39, 0.29) is 11.9 Å². The number of hydrogen-bond donors (Lipinski definition) is 1. The topological polar surface area (TPSA) is 50.2 Å². The number of hydrogen-bond acceptors (Lipinski definition) is 3. The largest absolute Gasteiger partial charge is 0.342 e. The summed E-state index contributed by atoms with van der Waals surface area (Å²) in [7, 11) is 0. The highest BCUT2D eigenvalue weighted by molar-refractivity contribution is 5.78. The van der Waals surface area contributed by atoms with Crippen LogP contribution in [-0.2, 0) is 11.3 Å². The second kappa shape index (κ2) is 5.82. The Hall–Kier alpha value is -1.36. The summed E-state index contributed by atoms with van der Waals surface area (Å²) >= 11 is 0. The van der Waals surface area contributed by atoms with E-state index in [0.717, 1.165) is 32.5 Å². The lowest BCUT2D eigenvalue weighted by Crippen LogP contribution is -2.41. The quantitative estimate of drug-likeness (QED) is 0.809. The summed E-state index contributed by atoms with van der Waals surface area (Å²) in [6.07, 6.45) is 5.99. The highest BCUT2D eigenvalue weighted by Gasteiger charge is 2.17. The molecular weight excluding hydrogens is 216 g/mol. The number of carbonyl (C=O) groups is 1. The van der Waals surface area contributed by atoms with Crippen LogP contribution >= 0.6 is 0 Å². The Kier molecular flexibility index (Phi) is 4.14. The van der Waals surface area contributed by atoms with Gasteiger partial charge in [-0.25, -0.2) is 0 Å². The molecule has 0 aliphatic carbocycles. The molecule has 1 fully saturated rings. The maximum Gasteiger partial charge on any atom is 0.236 e. The van der Waals surface area contributed by atoms with Crippen molar-refractivity contribution in [2.24, 2.45) is 0 Å². The molecule has 5 heteroatoms. The summed E-state index contributed by atoms with van der Waals surface area (Å²) in [5.74, 6) is 0.217. The molecule has 1 N–H and O–H groups in total. The van der Waals surface area contributed by atoms with Crippen molar-refractivity contribution in [3.05, 3.63) is 18.5 Å². The lowest BCUT2D eigenvalue weighted by molar-refractivity contribution is -0.129. The molecule has 0 radical (unpaired) electrons. The first kappa shape index (κ1) is 12.1. The molecule has 1 amide bonds. The van der Waals surface area contributed by atoms with Gasteiger partial charge < -0.3 is 10.2 Å². The lowest BCUT2D eigenvalue weighted by Gasteiger charge is -2.18. The number of nitrogens with zero attached hydrogens (tertiary/aromatic N) is 3. The molecule has 0 saturated carbocycles. The molecular formula is C12H20N4O. The average molecular weight is 236 g/mol. The zero-order valence-corrected chi connectivity index (χ0v) is 10.3. The fourth-order valence-electron chi connectivity index (χ4n) is 2.09. The minimum absolute atomic E-state index is 0.217. The lowest BCUT2D eigenvalue weighted by atomic mass is 10.3. The van der Waals surface area contributed by atoms with Gasteiger partial charge in [0.05, 0.1) is 13.1 Å². The third kappa shape index (κ3) is 3.56. The molecule has 1 saturated heterocycles. The van der Waals surface area contributed by atoms with E-state index in [2.05, 4.69) is 17.3 Å². The summed E-state index contributed by atoms with van der Waals surface area (Å²) in [5, 5.41) is 7.39. The van der Waals surface area contributed by atoms with Gasteiger partial charge in [0.2, 0.25) is 5.91 Å². The van der Waals surface area contributed by atoms with E-state index >= 15 is 0 Å². The molecule has 0 unspecified atom stereocenters.